The van der Waals surface area contributed by atoms with Gasteiger partial charge in [0.05, 0.1) is 9.79 Å². The topological polar surface area (TPSA) is 51.1 Å². The number of nitrogens with zero attached hydrogens (tertiary/aromatic N) is 1. The van der Waals surface area contributed by atoms with Crippen molar-refractivity contribution in [2.45, 2.75) is 29.2 Å². The fraction of sp³-hybridized carbons (Fsp3) is 0.300. The van der Waals surface area contributed by atoms with Gasteiger partial charge in [-0.1, -0.05) is 36.4 Å². The highest BCUT2D eigenvalue weighted by Crippen LogP contribution is 2.31. The summed E-state index contributed by atoms with van der Waals surface area (Å²) in [5.74, 6) is 0.587. The molecule has 1 aromatic heterocycles. The number of benzene rings is 2. The van der Waals surface area contributed by atoms with Crippen molar-refractivity contribution in [1.82, 2.24) is 9.88 Å². The van der Waals surface area contributed by atoms with E-state index in [1.807, 2.05) is 36.5 Å². The van der Waals surface area contributed by atoms with E-state index in [2.05, 4.69) is 9.88 Å². The largest absolute Gasteiger partial charge is 0.346 e. The van der Waals surface area contributed by atoms with Crippen LogP contribution in [0.2, 0.25) is 0 Å². The van der Waals surface area contributed by atoms with Crippen molar-refractivity contribution in [3.05, 3.63) is 60.8 Å². The van der Waals surface area contributed by atoms with Gasteiger partial charge in [0.25, 0.3) is 0 Å². The molecule has 1 aliphatic rings. The molecule has 0 unspecified atom stereocenters. The van der Waals surface area contributed by atoms with Crippen molar-refractivity contribution >= 4 is 20.7 Å². The lowest BCUT2D eigenvalue weighted by Gasteiger charge is -2.23. The number of nitrogens with one attached hydrogen (secondary N) is 1. The fourth-order valence-corrected chi connectivity index (χ4v) is 5.14. The number of para-hydroxylation sites is 1. The molecule has 2 aromatic carbocycles. The predicted octanol–water partition coefficient (Wildman–Crippen LogP) is 3.47. The minimum Gasteiger partial charge on any atom is -0.346 e. The molecular weight excluding hydrogens is 332 g/mol. The van der Waals surface area contributed by atoms with Crippen LogP contribution in [0.4, 0.5) is 0 Å². The zero-order valence-electron chi connectivity index (χ0n) is 14.1. The molecule has 4 rings (SSSR count). The Morgan fingerprint density at radius 3 is 2.40 bits per heavy atom. The average molecular weight is 354 g/mol. The zero-order chi connectivity index (χ0) is 17.3. The number of sulfone groups is 1. The van der Waals surface area contributed by atoms with E-state index in [4.69, 9.17) is 0 Å². The van der Waals surface area contributed by atoms with E-state index in [1.54, 1.807) is 24.3 Å². The summed E-state index contributed by atoms with van der Waals surface area (Å²) < 4.78 is 28.4. The van der Waals surface area contributed by atoms with Crippen LogP contribution >= 0.6 is 0 Å². The molecule has 0 atom stereocenters. The number of aromatic nitrogens is 1. The highest BCUT2D eigenvalue weighted by atomic mass is 32.2. The molecule has 0 aliphatic carbocycles. The maximum atomic E-state index is 13.1. The van der Waals surface area contributed by atoms with Crippen molar-refractivity contribution in [2.75, 3.05) is 13.1 Å². The van der Waals surface area contributed by atoms with Crippen molar-refractivity contribution in [3.8, 4) is 0 Å². The van der Waals surface area contributed by atoms with Gasteiger partial charge < -0.3 is 9.88 Å². The van der Waals surface area contributed by atoms with Gasteiger partial charge in [0.2, 0.25) is 9.84 Å². The van der Waals surface area contributed by atoms with E-state index >= 15 is 0 Å². The van der Waals surface area contributed by atoms with E-state index in [-0.39, 0.29) is 0 Å². The maximum Gasteiger partial charge on any atom is 0.208 e. The van der Waals surface area contributed by atoms with Gasteiger partial charge in [0.15, 0.2) is 0 Å². The van der Waals surface area contributed by atoms with E-state index in [0.717, 1.165) is 43.4 Å². The van der Waals surface area contributed by atoms with Crippen LogP contribution in [0.1, 0.15) is 12.8 Å². The molecule has 130 valence electrons. The standard InChI is InChI=1S/C20H22N2O2S/c23-25(24,17-6-2-1-3-7-17)20-15-22(14-16-10-12-21-13-11-16)19-9-5-4-8-18(19)20/h1-9,15-16,21H,10-14H2. The highest BCUT2D eigenvalue weighted by Gasteiger charge is 2.24. The van der Waals surface area contributed by atoms with Gasteiger partial charge in [-0.05, 0) is 50.0 Å². The first-order valence-corrected chi connectivity index (χ1v) is 10.2. The Morgan fingerprint density at radius 1 is 0.960 bits per heavy atom. The lowest BCUT2D eigenvalue weighted by molar-refractivity contribution is 0.336. The first kappa shape index (κ1) is 16.4. The molecule has 1 aliphatic heterocycles. The van der Waals surface area contributed by atoms with E-state index in [1.165, 1.54) is 0 Å². The second-order valence-electron chi connectivity index (χ2n) is 6.67. The fourth-order valence-electron chi connectivity index (χ4n) is 3.65. The van der Waals surface area contributed by atoms with Crippen LogP contribution in [0.25, 0.3) is 10.9 Å². The molecule has 25 heavy (non-hydrogen) atoms. The summed E-state index contributed by atoms with van der Waals surface area (Å²) in [6.45, 7) is 2.95. The quantitative estimate of drug-likeness (QED) is 0.780. The summed E-state index contributed by atoms with van der Waals surface area (Å²) in [4.78, 5) is 0.753. The maximum absolute atomic E-state index is 13.1. The number of rotatable bonds is 4. The van der Waals surface area contributed by atoms with Gasteiger partial charge in [-0.2, -0.15) is 0 Å². The van der Waals surface area contributed by atoms with E-state index in [0.29, 0.717) is 15.7 Å². The Balaban J connectivity index is 1.80. The van der Waals surface area contributed by atoms with Gasteiger partial charge in [-0.3, -0.25) is 0 Å². The van der Waals surface area contributed by atoms with Crippen molar-refractivity contribution in [2.24, 2.45) is 5.92 Å². The lowest BCUT2D eigenvalue weighted by atomic mass is 9.98. The SMILES string of the molecule is O=S(=O)(c1ccccc1)c1cn(CC2CCNCC2)c2ccccc12. The van der Waals surface area contributed by atoms with Crippen LogP contribution < -0.4 is 5.32 Å². The number of fused-ring (bicyclic) bond motifs is 1. The van der Waals surface area contributed by atoms with Gasteiger partial charge >= 0.3 is 0 Å². The zero-order valence-corrected chi connectivity index (χ0v) is 14.9. The van der Waals surface area contributed by atoms with Crippen LogP contribution in [0.15, 0.2) is 70.6 Å². The molecule has 0 saturated carbocycles. The molecule has 1 saturated heterocycles. The third-order valence-corrected chi connectivity index (χ3v) is 6.81. The number of hydrogen-bond donors (Lipinski definition) is 1. The van der Waals surface area contributed by atoms with Crippen LogP contribution in [-0.2, 0) is 16.4 Å². The average Bonchev–Trinajstić information content (AvgIpc) is 3.03. The van der Waals surface area contributed by atoms with Crippen molar-refractivity contribution in [3.63, 3.8) is 0 Å². The Morgan fingerprint density at radius 2 is 1.64 bits per heavy atom. The van der Waals surface area contributed by atoms with Gasteiger partial charge in [-0.25, -0.2) is 8.42 Å². The first-order valence-electron chi connectivity index (χ1n) is 8.75. The number of hydrogen-bond acceptors (Lipinski definition) is 3. The third-order valence-electron chi connectivity index (χ3n) is 5.01. The minimum absolute atomic E-state index is 0.347. The Hall–Kier alpha value is -2.11. The van der Waals surface area contributed by atoms with Crippen LogP contribution in [0.3, 0.4) is 0 Å². The molecule has 2 heterocycles. The molecule has 1 fully saturated rings. The molecule has 3 aromatic rings. The third kappa shape index (κ3) is 3.10. The summed E-state index contributed by atoms with van der Waals surface area (Å²) in [5.41, 5.74) is 0.996. The smallest absolute Gasteiger partial charge is 0.208 e. The molecule has 0 amide bonds. The second-order valence-corrected chi connectivity index (χ2v) is 8.59. The molecule has 0 radical (unpaired) electrons. The van der Waals surface area contributed by atoms with Crippen LogP contribution in [0.5, 0.6) is 0 Å². The summed E-state index contributed by atoms with van der Waals surface area (Å²) in [7, 11) is -3.52. The monoisotopic (exact) mass is 354 g/mol. The number of piperidine rings is 1. The molecule has 1 N–H and O–H groups in total. The molecular formula is C20H22N2O2S. The van der Waals surface area contributed by atoms with Gasteiger partial charge in [0.1, 0.15) is 0 Å². The molecule has 5 heteroatoms. The first-order chi connectivity index (χ1) is 12.2. The van der Waals surface area contributed by atoms with E-state index < -0.39 is 9.84 Å². The Labute approximate surface area is 148 Å². The summed E-state index contributed by atoms with van der Waals surface area (Å²) >= 11 is 0. The molecule has 4 nitrogen and oxygen atoms in total. The minimum atomic E-state index is -3.52. The lowest BCUT2D eigenvalue weighted by Crippen LogP contribution is -2.29. The summed E-state index contributed by atoms with van der Waals surface area (Å²) in [6, 6.07) is 16.5. The van der Waals surface area contributed by atoms with Crippen molar-refractivity contribution in [1.29, 1.82) is 0 Å². The van der Waals surface area contributed by atoms with Gasteiger partial charge in [-0.15, -0.1) is 0 Å². The predicted molar refractivity (Wildman–Crippen MR) is 99.4 cm³/mol. The highest BCUT2D eigenvalue weighted by molar-refractivity contribution is 7.91. The summed E-state index contributed by atoms with van der Waals surface area (Å²) in [6.07, 6.45) is 4.09. The van der Waals surface area contributed by atoms with Crippen LogP contribution in [-0.4, -0.2) is 26.1 Å². The Kier molecular flexibility index (Phi) is 4.36. The van der Waals surface area contributed by atoms with Gasteiger partial charge in [0, 0.05) is 23.6 Å². The Bertz CT molecular complexity index is 971. The van der Waals surface area contributed by atoms with E-state index in [9.17, 15) is 8.42 Å². The summed E-state index contributed by atoms with van der Waals surface area (Å²) in [5, 5.41) is 4.19. The van der Waals surface area contributed by atoms with Crippen molar-refractivity contribution < 1.29 is 8.42 Å². The van der Waals surface area contributed by atoms with Crippen LogP contribution in [0, 0.1) is 5.92 Å². The second kappa shape index (κ2) is 6.65. The molecule has 0 spiro atoms. The molecule has 0 bridgehead atoms. The normalized spacial score (nSPS) is 16.3.